The summed E-state index contributed by atoms with van der Waals surface area (Å²) in [5, 5.41) is 2.63. The molecule has 30 heavy (non-hydrogen) atoms. The second kappa shape index (κ2) is 7.92. The van der Waals surface area contributed by atoms with Crippen molar-refractivity contribution in [3.05, 3.63) is 53.6 Å². The van der Waals surface area contributed by atoms with Crippen LogP contribution in [0.1, 0.15) is 18.1 Å². The second-order valence-electron chi connectivity index (χ2n) is 7.99. The molecule has 4 rings (SSSR count). The van der Waals surface area contributed by atoms with Gasteiger partial charge in [-0.05, 0) is 61.7 Å². The van der Waals surface area contributed by atoms with E-state index in [-0.39, 0.29) is 12.1 Å². The van der Waals surface area contributed by atoms with Gasteiger partial charge in [0.1, 0.15) is 0 Å². The number of hydrogen-bond acceptors (Lipinski definition) is 4. The Morgan fingerprint density at radius 3 is 2.60 bits per heavy atom. The molecule has 1 saturated heterocycles. The SMILES string of the molecule is CNC(=O)N1CCc2cc(S(=O)(=O)N3CCN(c4cccc(C)c4)C(C)C3)ccc21. The molecular formula is C22H28N4O3S. The molecule has 1 N–H and O–H groups in total. The number of fused-ring (bicyclic) bond motifs is 1. The summed E-state index contributed by atoms with van der Waals surface area (Å²) in [7, 11) is -1.99. The summed E-state index contributed by atoms with van der Waals surface area (Å²) >= 11 is 0. The van der Waals surface area contributed by atoms with Crippen molar-refractivity contribution in [3.8, 4) is 0 Å². The van der Waals surface area contributed by atoms with Gasteiger partial charge in [0.2, 0.25) is 10.0 Å². The Balaban J connectivity index is 1.53. The van der Waals surface area contributed by atoms with Gasteiger partial charge in [0, 0.05) is 50.6 Å². The van der Waals surface area contributed by atoms with E-state index in [4.69, 9.17) is 0 Å². The van der Waals surface area contributed by atoms with Crippen molar-refractivity contribution in [3.63, 3.8) is 0 Å². The van der Waals surface area contributed by atoms with E-state index in [2.05, 4.69) is 42.3 Å². The fraction of sp³-hybridized carbons (Fsp3) is 0.409. The third-order valence-electron chi connectivity index (χ3n) is 5.97. The molecule has 1 unspecified atom stereocenters. The highest BCUT2D eigenvalue weighted by Gasteiger charge is 2.34. The van der Waals surface area contributed by atoms with Gasteiger partial charge in [-0.3, -0.25) is 4.90 Å². The first kappa shape index (κ1) is 20.7. The summed E-state index contributed by atoms with van der Waals surface area (Å²) in [5.74, 6) is 0. The molecule has 2 heterocycles. The number of nitrogens with one attached hydrogen (secondary N) is 1. The van der Waals surface area contributed by atoms with E-state index in [0.717, 1.165) is 16.9 Å². The minimum Gasteiger partial charge on any atom is -0.366 e. The van der Waals surface area contributed by atoms with Gasteiger partial charge in [0.05, 0.1) is 4.90 Å². The topological polar surface area (TPSA) is 73.0 Å². The average molecular weight is 429 g/mol. The molecule has 2 aliphatic rings. The van der Waals surface area contributed by atoms with Gasteiger partial charge in [0.25, 0.3) is 0 Å². The highest BCUT2D eigenvalue weighted by molar-refractivity contribution is 7.89. The highest BCUT2D eigenvalue weighted by atomic mass is 32.2. The van der Waals surface area contributed by atoms with E-state index in [9.17, 15) is 13.2 Å². The van der Waals surface area contributed by atoms with Gasteiger partial charge in [-0.2, -0.15) is 4.31 Å². The number of carbonyl (C=O) groups is 1. The van der Waals surface area contributed by atoms with E-state index in [1.54, 1.807) is 34.5 Å². The molecule has 2 amide bonds. The first-order valence-corrected chi connectivity index (χ1v) is 11.7. The lowest BCUT2D eigenvalue weighted by Gasteiger charge is -2.40. The summed E-state index contributed by atoms with van der Waals surface area (Å²) in [6.45, 7) is 6.23. The van der Waals surface area contributed by atoms with E-state index >= 15 is 0 Å². The largest absolute Gasteiger partial charge is 0.366 e. The molecular weight excluding hydrogens is 400 g/mol. The molecule has 8 heteroatoms. The number of urea groups is 1. The lowest BCUT2D eigenvalue weighted by atomic mass is 10.1. The Kier molecular flexibility index (Phi) is 5.46. The zero-order chi connectivity index (χ0) is 21.5. The van der Waals surface area contributed by atoms with Crippen LogP contribution in [0.15, 0.2) is 47.4 Å². The van der Waals surface area contributed by atoms with Crippen LogP contribution in [-0.4, -0.2) is 58.0 Å². The number of benzene rings is 2. The molecule has 1 fully saturated rings. The lowest BCUT2D eigenvalue weighted by Crippen LogP contribution is -2.53. The number of nitrogens with zero attached hydrogens (tertiary/aromatic N) is 3. The van der Waals surface area contributed by atoms with Crippen LogP contribution >= 0.6 is 0 Å². The van der Waals surface area contributed by atoms with Gasteiger partial charge in [-0.25, -0.2) is 13.2 Å². The summed E-state index contributed by atoms with van der Waals surface area (Å²) in [6, 6.07) is 13.3. The van der Waals surface area contributed by atoms with Crippen molar-refractivity contribution in [2.45, 2.75) is 31.2 Å². The lowest BCUT2D eigenvalue weighted by molar-refractivity contribution is 0.248. The molecule has 0 aliphatic carbocycles. The van der Waals surface area contributed by atoms with Crippen molar-refractivity contribution >= 4 is 27.4 Å². The quantitative estimate of drug-likeness (QED) is 0.816. The first-order valence-electron chi connectivity index (χ1n) is 10.3. The fourth-order valence-electron chi connectivity index (χ4n) is 4.37. The van der Waals surface area contributed by atoms with Gasteiger partial charge in [0.15, 0.2) is 0 Å². The Bertz CT molecular complexity index is 1070. The number of anilines is 2. The Morgan fingerprint density at radius 2 is 1.90 bits per heavy atom. The van der Waals surface area contributed by atoms with Crippen LogP contribution in [0.5, 0.6) is 0 Å². The van der Waals surface area contributed by atoms with Crippen LogP contribution < -0.4 is 15.1 Å². The molecule has 7 nitrogen and oxygen atoms in total. The van der Waals surface area contributed by atoms with Crippen molar-refractivity contribution in [1.82, 2.24) is 9.62 Å². The normalized spacial score (nSPS) is 19.6. The summed E-state index contributed by atoms with van der Waals surface area (Å²) in [4.78, 5) is 16.2. The molecule has 2 aliphatic heterocycles. The minimum absolute atomic E-state index is 0.0773. The zero-order valence-electron chi connectivity index (χ0n) is 17.6. The van der Waals surface area contributed by atoms with E-state index in [1.807, 2.05) is 6.07 Å². The number of hydrogen-bond donors (Lipinski definition) is 1. The average Bonchev–Trinajstić information content (AvgIpc) is 3.16. The fourth-order valence-corrected chi connectivity index (χ4v) is 5.93. The van der Waals surface area contributed by atoms with Gasteiger partial charge in [-0.1, -0.05) is 12.1 Å². The molecule has 0 bridgehead atoms. The predicted molar refractivity (Wildman–Crippen MR) is 119 cm³/mol. The maximum atomic E-state index is 13.3. The van der Waals surface area contributed by atoms with Crippen LogP contribution in [0.3, 0.4) is 0 Å². The molecule has 0 aromatic heterocycles. The van der Waals surface area contributed by atoms with Crippen molar-refractivity contribution < 1.29 is 13.2 Å². The van der Waals surface area contributed by atoms with E-state index < -0.39 is 10.0 Å². The number of carbonyl (C=O) groups excluding carboxylic acids is 1. The first-order chi connectivity index (χ1) is 14.3. The summed E-state index contributed by atoms with van der Waals surface area (Å²) < 4.78 is 28.2. The molecule has 0 saturated carbocycles. The maximum Gasteiger partial charge on any atom is 0.321 e. The number of aryl methyl sites for hydroxylation is 1. The number of rotatable bonds is 3. The van der Waals surface area contributed by atoms with Crippen LogP contribution in [0.25, 0.3) is 0 Å². The van der Waals surface area contributed by atoms with Crippen molar-refractivity contribution in [2.75, 3.05) is 43.0 Å². The van der Waals surface area contributed by atoms with E-state index in [0.29, 0.717) is 37.5 Å². The molecule has 0 radical (unpaired) electrons. The Morgan fingerprint density at radius 1 is 1.10 bits per heavy atom. The summed E-state index contributed by atoms with van der Waals surface area (Å²) in [6.07, 6.45) is 0.656. The molecule has 160 valence electrons. The van der Waals surface area contributed by atoms with Gasteiger partial charge >= 0.3 is 6.03 Å². The van der Waals surface area contributed by atoms with Crippen LogP contribution in [0.4, 0.5) is 16.2 Å². The predicted octanol–water partition coefficient (Wildman–Crippen LogP) is 2.60. The molecule has 0 spiro atoms. The standard InChI is InChI=1S/C22H28N4O3S/c1-16-5-4-6-19(13-16)25-12-11-24(15-17(25)2)30(28,29)20-7-8-21-18(14-20)9-10-26(21)22(27)23-3/h4-8,13-14,17H,9-12,15H2,1-3H3,(H,23,27). The maximum absolute atomic E-state index is 13.3. The second-order valence-corrected chi connectivity index (χ2v) is 9.93. The van der Waals surface area contributed by atoms with Crippen LogP contribution in [-0.2, 0) is 16.4 Å². The van der Waals surface area contributed by atoms with Crippen LogP contribution in [0, 0.1) is 6.92 Å². The zero-order valence-corrected chi connectivity index (χ0v) is 18.4. The van der Waals surface area contributed by atoms with Crippen molar-refractivity contribution in [2.24, 2.45) is 0 Å². The number of piperazine rings is 1. The van der Waals surface area contributed by atoms with E-state index in [1.165, 1.54) is 5.56 Å². The summed E-state index contributed by atoms with van der Waals surface area (Å²) in [5.41, 5.74) is 4.00. The monoisotopic (exact) mass is 428 g/mol. The van der Waals surface area contributed by atoms with Gasteiger partial charge < -0.3 is 10.2 Å². The molecule has 2 aromatic carbocycles. The number of sulfonamides is 1. The van der Waals surface area contributed by atoms with Crippen LogP contribution in [0.2, 0.25) is 0 Å². The third-order valence-corrected chi connectivity index (χ3v) is 7.83. The van der Waals surface area contributed by atoms with Gasteiger partial charge in [-0.15, -0.1) is 0 Å². The minimum atomic E-state index is -3.59. The Labute approximate surface area is 178 Å². The highest BCUT2D eigenvalue weighted by Crippen LogP contribution is 2.32. The van der Waals surface area contributed by atoms with Crippen molar-refractivity contribution in [1.29, 1.82) is 0 Å². The smallest absolute Gasteiger partial charge is 0.321 e. The number of amides is 2. The molecule has 2 aromatic rings. The Hall–Kier alpha value is -2.58. The molecule has 1 atom stereocenters. The third kappa shape index (κ3) is 3.65.